The van der Waals surface area contributed by atoms with E-state index in [-0.39, 0.29) is 31.1 Å². The molecule has 0 saturated carbocycles. The van der Waals surface area contributed by atoms with Crippen molar-refractivity contribution in [1.29, 1.82) is 0 Å². The van der Waals surface area contributed by atoms with Gasteiger partial charge in [0.1, 0.15) is 13.2 Å². The van der Waals surface area contributed by atoms with Gasteiger partial charge in [-0.05, 0) is 89.9 Å². The second kappa shape index (κ2) is 55.4. The topological polar surface area (TPSA) is 78.9 Å². The van der Waals surface area contributed by atoms with Gasteiger partial charge in [0, 0.05) is 19.3 Å². The summed E-state index contributed by atoms with van der Waals surface area (Å²) in [5.41, 5.74) is 0. The van der Waals surface area contributed by atoms with E-state index in [4.69, 9.17) is 14.2 Å². The Morgan fingerprint density at radius 2 is 0.582 bits per heavy atom. The van der Waals surface area contributed by atoms with Crippen molar-refractivity contribution in [3.8, 4) is 0 Å². The molecule has 0 aliphatic carbocycles. The number of unbranched alkanes of at least 4 members (excludes halogenated alkanes) is 28. The third-order valence-corrected chi connectivity index (χ3v) is 12.2. The fourth-order valence-corrected chi connectivity index (χ4v) is 7.93. The molecule has 1 unspecified atom stereocenters. The maximum atomic E-state index is 12.7. The van der Waals surface area contributed by atoms with Crippen molar-refractivity contribution in [2.45, 2.75) is 284 Å². The van der Waals surface area contributed by atoms with Gasteiger partial charge >= 0.3 is 17.9 Å². The number of hydrogen-bond donors (Lipinski definition) is 0. The molecule has 386 valence electrons. The zero-order chi connectivity index (χ0) is 48.6. The van der Waals surface area contributed by atoms with E-state index < -0.39 is 6.10 Å². The normalized spacial score (nSPS) is 12.6. The van der Waals surface area contributed by atoms with Gasteiger partial charge < -0.3 is 14.2 Å². The number of hydrogen-bond acceptors (Lipinski definition) is 6. The standard InChI is InChI=1S/C61H106O6/c1-4-7-10-13-15-17-19-21-22-23-24-25-26-27-28-29-30-31-32-33-34-35-36-37-38-40-41-43-45-48-51-54-60(63)66-57-58(56-65-59(62)53-50-47-12-9-6-3)67-61(64)55-52-49-46-44-42-39-20-18-16-14-11-8-5-2/h8,11,16,18-19,21,23-24,26-27,39,42,58H,4-7,9-10,12-15,17,20,22,25,28-38,40-41,43-57H2,1-3H3/b11-8-,18-16-,21-19-,24-23-,27-26-,42-39-. The summed E-state index contributed by atoms with van der Waals surface area (Å²) in [6, 6.07) is 0. The van der Waals surface area contributed by atoms with Crippen molar-refractivity contribution >= 4 is 17.9 Å². The number of carbonyl (C=O) groups is 3. The lowest BCUT2D eigenvalue weighted by molar-refractivity contribution is -0.167. The van der Waals surface area contributed by atoms with Crippen LogP contribution in [0.3, 0.4) is 0 Å². The van der Waals surface area contributed by atoms with Gasteiger partial charge in [-0.2, -0.15) is 0 Å². The van der Waals surface area contributed by atoms with Gasteiger partial charge in [0.25, 0.3) is 0 Å². The van der Waals surface area contributed by atoms with E-state index in [0.717, 1.165) is 103 Å². The summed E-state index contributed by atoms with van der Waals surface area (Å²) in [5, 5.41) is 0. The predicted octanol–water partition coefficient (Wildman–Crippen LogP) is 19.0. The predicted molar refractivity (Wildman–Crippen MR) is 288 cm³/mol. The van der Waals surface area contributed by atoms with Crippen molar-refractivity contribution in [3.05, 3.63) is 72.9 Å². The summed E-state index contributed by atoms with van der Waals surface area (Å²) in [5.74, 6) is -0.927. The maximum absolute atomic E-state index is 12.7. The molecule has 0 amide bonds. The van der Waals surface area contributed by atoms with Gasteiger partial charge in [-0.1, -0.05) is 241 Å². The van der Waals surface area contributed by atoms with E-state index in [1.807, 2.05) is 0 Å². The Bertz CT molecular complexity index is 1260. The van der Waals surface area contributed by atoms with E-state index in [9.17, 15) is 14.4 Å². The second-order valence-electron chi connectivity index (χ2n) is 18.8. The molecule has 0 bridgehead atoms. The van der Waals surface area contributed by atoms with E-state index in [1.165, 1.54) is 135 Å². The average Bonchev–Trinajstić information content (AvgIpc) is 3.33. The van der Waals surface area contributed by atoms with Crippen LogP contribution in [0.5, 0.6) is 0 Å². The first kappa shape index (κ1) is 63.8. The highest BCUT2D eigenvalue weighted by molar-refractivity contribution is 5.71. The highest BCUT2D eigenvalue weighted by Crippen LogP contribution is 2.16. The second-order valence-corrected chi connectivity index (χ2v) is 18.8. The van der Waals surface area contributed by atoms with Crippen LogP contribution in [0.2, 0.25) is 0 Å². The largest absolute Gasteiger partial charge is 0.462 e. The van der Waals surface area contributed by atoms with Gasteiger partial charge in [-0.25, -0.2) is 0 Å². The summed E-state index contributed by atoms with van der Waals surface area (Å²) in [7, 11) is 0. The maximum Gasteiger partial charge on any atom is 0.306 e. The van der Waals surface area contributed by atoms with Gasteiger partial charge in [0.05, 0.1) is 0 Å². The van der Waals surface area contributed by atoms with E-state index in [1.54, 1.807) is 0 Å². The first-order chi connectivity index (χ1) is 33.0. The molecular weight excluding hydrogens is 829 g/mol. The zero-order valence-corrected chi connectivity index (χ0v) is 44.2. The molecule has 0 rings (SSSR count). The number of rotatable bonds is 51. The smallest absolute Gasteiger partial charge is 0.306 e. The average molecular weight is 936 g/mol. The van der Waals surface area contributed by atoms with Crippen LogP contribution in [0.4, 0.5) is 0 Å². The minimum atomic E-state index is -0.785. The summed E-state index contributed by atoms with van der Waals surface area (Å²) < 4.78 is 16.6. The Balaban J connectivity index is 3.97. The lowest BCUT2D eigenvalue weighted by Crippen LogP contribution is -2.30. The Labute approximate surface area is 414 Å². The fraction of sp³-hybridized carbons (Fsp3) is 0.754. The fourth-order valence-electron chi connectivity index (χ4n) is 7.93. The van der Waals surface area contributed by atoms with Crippen LogP contribution in [0.15, 0.2) is 72.9 Å². The molecule has 0 radical (unpaired) electrons. The Hall–Kier alpha value is -3.15. The molecule has 0 N–H and O–H groups in total. The molecule has 67 heavy (non-hydrogen) atoms. The van der Waals surface area contributed by atoms with Crippen LogP contribution in [-0.2, 0) is 28.6 Å². The van der Waals surface area contributed by atoms with Gasteiger partial charge in [0.15, 0.2) is 6.10 Å². The molecule has 1 atom stereocenters. The van der Waals surface area contributed by atoms with Crippen molar-refractivity contribution in [1.82, 2.24) is 0 Å². The monoisotopic (exact) mass is 935 g/mol. The van der Waals surface area contributed by atoms with Crippen LogP contribution in [0.25, 0.3) is 0 Å². The summed E-state index contributed by atoms with van der Waals surface area (Å²) in [6.45, 7) is 6.41. The molecule has 6 nitrogen and oxygen atoms in total. The molecule has 0 aromatic carbocycles. The lowest BCUT2D eigenvalue weighted by atomic mass is 10.0. The molecule has 0 aliphatic heterocycles. The zero-order valence-electron chi connectivity index (χ0n) is 44.2. The van der Waals surface area contributed by atoms with Crippen LogP contribution in [-0.4, -0.2) is 37.2 Å². The lowest BCUT2D eigenvalue weighted by Gasteiger charge is -2.18. The van der Waals surface area contributed by atoms with Crippen molar-refractivity contribution in [2.24, 2.45) is 0 Å². The molecular formula is C61H106O6. The van der Waals surface area contributed by atoms with Gasteiger partial charge in [-0.3, -0.25) is 14.4 Å². The minimum absolute atomic E-state index is 0.0860. The van der Waals surface area contributed by atoms with E-state index in [0.29, 0.717) is 19.3 Å². The Morgan fingerprint density at radius 3 is 0.925 bits per heavy atom. The quantitative estimate of drug-likeness (QED) is 0.0262. The molecule has 0 aromatic heterocycles. The van der Waals surface area contributed by atoms with Crippen LogP contribution in [0, 0.1) is 0 Å². The van der Waals surface area contributed by atoms with Crippen molar-refractivity contribution in [2.75, 3.05) is 13.2 Å². The summed E-state index contributed by atoms with van der Waals surface area (Å²) >= 11 is 0. The van der Waals surface area contributed by atoms with E-state index >= 15 is 0 Å². The Kier molecular flexibility index (Phi) is 52.8. The first-order valence-corrected chi connectivity index (χ1v) is 28.4. The molecule has 6 heteroatoms. The third-order valence-electron chi connectivity index (χ3n) is 12.2. The molecule has 0 fully saturated rings. The molecule has 0 aliphatic rings. The van der Waals surface area contributed by atoms with Crippen molar-refractivity contribution in [3.63, 3.8) is 0 Å². The van der Waals surface area contributed by atoms with Gasteiger partial charge in [-0.15, -0.1) is 0 Å². The SMILES string of the molecule is CC/C=C\C/C=C\C/C=C\CCCCCC(=O)OC(COC(=O)CCCCCCC)COC(=O)CCCCCCCCCCCCCCCCCC/C=C\C/C=C\C/C=C\CCCCCCC. The molecule has 0 aromatic rings. The van der Waals surface area contributed by atoms with Crippen LogP contribution in [0.1, 0.15) is 278 Å². The number of esters is 3. The summed E-state index contributed by atoms with van der Waals surface area (Å²) in [6.07, 6.45) is 71.0. The van der Waals surface area contributed by atoms with Crippen LogP contribution >= 0.6 is 0 Å². The minimum Gasteiger partial charge on any atom is -0.462 e. The highest BCUT2D eigenvalue weighted by atomic mass is 16.6. The molecule has 0 heterocycles. The number of allylic oxidation sites excluding steroid dienone is 12. The van der Waals surface area contributed by atoms with Crippen LogP contribution < -0.4 is 0 Å². The molecule has 0 saturated heterocycles. The van der Waals surface area contributed by atoms with Crippen molar-refractivity contribution < 1.29 is 28.6 Å². The molecule has 0 spiro atoms. The number of carbonyl (C=O) groups excluding carboxylic acids is 3. The van der Waals surface area contributed by atoms with Gasteiger partial charge in [0.2, 0.25) is 0 Å². The highest BCUT2D eigenvalue weighted by Gasteiger charge is 2.19. The number of ether oxygens (including phenoxy) is 3. The first-order valence-electron chi connectivity index (χ1n) is 28.4. The third kappa shape index (κ3) is 53.7. The Morgan fingerprint density at radius 1 is 0.313 bits per heavy atom. The van der Waals surface area contributed by atoms with E-state index in [2.05, 4.69) is 93.7 Å². The summed E-state index contributed by atoms with van der Waals surface area (Å²) in [4.78, 5) is 37.7.